The molecule has 1 unspecified atom stereocenters. The summed E-state index contributed by atoms with van der Waals surface area (Å²) in [6.45, 7) is 10.6. The van der Waals surface area contributed by atoms with Crippen LogP contribution in [0.15, 0.2) is 0 Å². The fourth-order valence-electron chi connectivity index (χ4n) is 1.91. The smallest absolute Gasteiger partial charge is 0.00976 e. The van der Waals surface area contributed by atoms with E-state index in [4.69, 9.17) is 0 Å². The van der Waals surface area contributed by atoms with Gasteiger partial charge in [0.25, 0.3) is 0 Å². The third-order valence-electron chi connectivity index (χ3n) is 3.32. The molecule has 1 saturated heterocycles. The minimum atomic E-state index is 0.453. The van der Waals surface area contributed by atoms with Crippen molar-refractivity contribution < 1.29 is 0 Å². The van der Waals surface area contributed by atoms with E-state index in [2.05, 4.69) is 33.0 Å². The van der Waals surface area contributed by atoms with E-state index >= 15 is 0 Å². The van der Waals surface area contributed by atoms with Gasteiger partial charge in [-0.3, -0.25) is 0 Å². The zero-order valence-corrected chi connectivity index (χ0v) is 8.98. The third-order valence-corrected chi connectivity index (χ3v) is 3.32. The Labute approximate surface area is 76.9 Å². The Morgan fingerprint density at radius 3 is 2.33 bits per heavy atom. The second-order valence-corrected chi connectivity index (χ2v) is 5.21. The Bertz CT molecular complexity index is 128. The molecule has 0 aliphatic carbocycles. The zero-order chi connectivity index (χ0) is 9.19. The van der Waals surface area contributed by atoms with Gasteiger partial charge in [-0.05, 0) is 30.7 Å². The average molecular weight is 169 g/mol. The van der Waals surface area contributed by atoms with Gasteiger partial charge in [0.2, 0.25) is 0 Å². The molecular formula is C11H23N. The fourth-order valence-corrected chi connectivity index (χ4v) is 1.91. The molecule has 0 aromatic carbocycles. The molecule has 12 heavy (non-hydrogen) atoms. The lowest BCUT2D eigenvalue weighted by atomic mass is 9.75. The van der Waals surface area contributed by atoms with Crippen LogP contribution in [0, 0.1) is 11.3 Å². The van der Waals surface area contributed by atoms with E-state index < -0.39 is 0 Å². The van der Waals surface area contributed by atoms with Crippen molar-refractivity contribution in [2.45, 2.75) is 53.0 Å². The van der Waals surface area contributed by atoms with Crippen molar-refractivity contribution >= 4 is 0 Å². The summed E-state index contributed by atoms with van der Waals surface area (Å²) in [7, 11) is 0. The third kappa shape index (κ3) is 2.48. The monoisotopic (exact) mass is 169 g/mol. The van der Waals surface area contributed by atoms with E-state index in [1.165, 1.54) is 25.8 Å². The summed E-state index contributed by atoms with van der Waals surface area (Å²) >= 11 is 0. The molecule has 1 rings (SSSR count). The number of piperidine rings is 1. The Hall–Kier alpha value is -0.0400. The van der Waals surface area contributed by atoms with Crippen molar-refractivity contribution in [3.8, 4) is 0 Å². The van der Waals surface area contributed by atoms with Gasteiger partial charge in [0.15, 0.2) is 0 Å². The Balaban J connectivity index is 2.45. The highest BCUT2D eigenvalue weighted by Gasteiger charge is 2.28. The van der Waals surface area contributed by atoms with Crippen molar-refractivity contribution in [1.29, 1.82) is 0 Å². The van der Waals surface area contributed by atoms with Crippen LogP contribution in [0.2, 0.25) is 0 Å². The molecule has 1 fully saturated rings. The van der Waals surface area contributed by atoms with Crippen LogP contribution >= 0.6 is 0 Å². The lowest BCUT2D eigenvalue weighted by Gasteiger charge is -2.37. The molecule has 1 nitrogen and oxygen atoms in total. The summed E-state index contributed by atoms with van der Waals surface area (Å²) < 4.78 is 0. The zero-order valence-electron chi connectivity index (χ0n) is 8.98. The van der Waals surface area contributed by atoms with Crippen molar-refractivity contribution in [3.63, 3.8) is 0 Å². The van der Waals surface area contributed by atoms with E-state index in [-0.39, 0.29) is 0 Å². The number of rotatable bonds is 1. The molecular weight excluding hydrogens is 146 g/mol. The van der Waals surface area contributed by atoms with Gasteiger partial charge in [-0.2, -0.15) is 0 Å². The quantitative estimate of drug-likeness (QED) is 0.636. The molecule has 1 heteroatoms. The second-order valence-electron chi connectivity index (χ2n) is 5.21. The molecule has 0 radical (unpaired) electrons. The highest BCUT2D eigenvalue weighted by atomic mass is 14.9. The van der Waals surface area contributed by atoms with Gasteiger partial charge < -0.3 is 5.32 Å². The lowest BCUT2D eigenvalue weighted by molar-refractivity contribution is 0.175. The first-order valence-corrected chi connectivity index (χ1v) is 5.25. The van der Waals surface area contributed by atoms with E-state index in [0.717, 1.165) is 12.0 Å². The summed E-state index contributed by atoms with van der Waals surface area (Å²) in [4.78, 5) is 0. The molecule has 0 saturated carbocycles. The standard InChI is InChI=1S/C11H23N/c1-9(11(2,3)4)10-7-5-6-8-12-10/h9-10,12H,5-8H2,1-4H3/t9?,10-/m0/s1. The fraction of sp³-hybridized carbons (Fsp3) is 1.00. The number of nitrogens with one attached hydrogen (secondary N) is 1. The van der Waals surface area contributed by atoms with Crippen LogP contribution in [0.1, 0.15) is 47.0 Å². The minimum absolute atomic E-state index is 0.453. The highest BCUT2D eigenvalue weighted by Crippen LogP contribution is 2.31. The Morgan fingerprint density at radius 2 is 1.92 bits per heavy atom. The summed E-state index contributed by atoms with van der Waals surface area (Å²) in [6, 6.07) is 0.763. The molecule has 72 valence electrons. The first-order chi connectivity index (χ1) is 5.52. The van der Waals surface area contributed by atoms with Gasteiger partial charge in [-0.25, -0.2) is 0 Å². The topological polar surface area (TPSA) is 12.0 Å². The van der Waals surface area contributed by atoms with Crippen molar-refractivity contribution in [1.82, 2.24) is 5.32 Å². The van der Waals surface area contributed by atoms with Crippen molar-refractivity contribution in [2.24, 2.45) is 11.3 Å². The van der Waals surface area contributed by atoms with Crippen LogP contribution in [0.3, 0.4) is 0 Å². The maximum atomic E-state index is 3.63. The van der Waals surface area contributed by atoms with Gasteiger partial charge in [0.05, 0.1) is 0 Å². The SMILES string of the molecule is CC([C@@H]1CCCCN1)C(C)(C)C. The molecule has 2 atom stereocenters. The average Bonchev–Trinajstić information content (AvgIpc) is 2.03. The lowest BCUT2D eigenvalue weighted by Crippen LogP contribution is -2.43. The van der Waals surface area contributed by atoms with E-state index in [1.54, 1.807) is 0 Å². The van der Waals surface area contributed by atoms with E-state index in [0.29, 0.717) is 5.41 Å². The van der Waals surface area contributed by atoms with Gasteiger partial charge >= 0.3 is 0 Å². The summed E-state index contributed by atoms with van der Waals surface area (Å²) in [5, 5.41) is 3.63. The van der Waals surface area contributed by atoms with Gasteiger partial charge in [0.1, 0.15) is 0 Å². The molecule has 1 aliphatic rings. The van der Waals surface area contributed by atoms with Crippen molar-refractivity contribution in [2.75, 3.05) is 6.54 Å². The van der Waals surface area contributed by atoms with Gasteiger partial charge in [-0.1, -0.05) is 34.1 Å². The molecule has 1 aliphatic heterocycles. The molecule has 0 bridgehead atoms. The largest absolute Gasteiger partial charge is 0.314 e. The number of hydrogen-bond acceptors (Lipinski definition) is 1. The summed E-state index contributed by atoms with van der Waals surface area (Å²) in [5.74, 6) is 0.790. The summed E-state index contributed by atoms with van der Waals surface area (Å²) in [6.07, 6.45) is 4.16. The van der Waals surface area contributed by atoms with E-state index in [9.17, 15) is 0 Å². The van der Waals surface area contributed by atoms with Crippen LogP contribution in [0.5, 0.6) is 0 Å². The predicted octanol–water partition coefficient (Wildman–Crippen LogP) is 2.81. The molecule has 0 aromatic heterocycles. The van der Waals surface area contributed by atoms with Crippen LogP contribution in [-0.2, 0) is 0 Å². The van der Waals surface area contributed by atoms with Crippen LogP contribution in [0.25, 0.3) is 0 Å². The normalized spacial score (nSPS) is 28.5. The molecule has 1 heterocycles. The van der Waals surface area contributed by atoms with Crippen LogP contribution in [0.4, 0.5) is 0 Å². The molecule has 1 N–H and O–H groups in total. The second kappa shape index (κ2) is 3.78. The minimum Gasteiger partial charge on any atom is -0.314 e. The van der Waals surface area contributed by atoms with Crippen LogP contribution < -0.4 is 5.32 Å². The molecule has 0 aromatic rings. The maximum absolute atomic E-state index is 3.63. The molecule has 0 amide bonds. The Kier molecular flexibility index (Phi) is 3.16. The van der Waals surface area contributed by atoms with Gasteiger partial charge in [-0.15, -0.1) is 0 Å². The number of hydrogen-bond donors (Lipinski definition) is 1. The Morgan fingerprint density at radius 1 is 1.25 bits per heavy atom. The summed E-state index contributed by atoms with van der Waals surface area (Å²) in [5.41, 5.74) is 0.453. The van der Waals surface area contributed by atoms with E-state index in [1.807, 2.05) is 0 Å². The first kappa shape index (κ1) is 10.0. The predicted molar refractivity (Wildman–Crippen MR) is 54.3 cm³/mol. The van der Waals surface area contributed by atoms with Crippen molar-refractivity contribution in [3.05, 3.63) is 0 Å². The highest BCUT2D eigenvalue weighted by molar-refractivity contribution is 4.84. The first-order valence-electron chi connectivity index (χ1n) is 5.25. The molecule has 0 spiro atoms. The van der Waals surface area contributed by atoms with Crippen LogP contribution in [-0.4, -0.2) is 12.6 Å². The van der Waals surface area contributed by atoms with Gasteiger partial charge in [0, 0.05) is 6.04 Å². The maximum Gasteiger partial charge on any atom is 0.00976 e.